The fraction of sp³-hybridized carbons (Fsp3) is 0.200. The molecule has 1 N–H and O–H groups in total. The lowest BCUT2D eigenvalue weighted by atomic mass is 10.1. The Hall–Kier alpha value is -3.26. The zero-order valence-corrected chi connectivity index (χ0v) is 13.7. The van der Waals surface area contributed by atoms with E-state index in [0.717, 1.165) is 5.56 Å². The molecule has 0 atom stereocenters. The first kappa shape index (κ1) is 16.6. The first-order valence-corrected chi connectivity index (χ1v) is 8.08. The molecule has 1 saturated heterocycles. The second-order valence-electron chi connectivity index (χ2n) is 5.75. The monoisotopic (exact) mass is 334 g/mol. The highest BCUT2D eigenvalue weighted by Crippen LogP contribution is 2.14. The third-order valence-electron chi connectivity index (χ3n) is 4.03. The van der Waals surface area contributed by atoms with Crippen molar-refractivity contribution in [3.8, 4) is 17.6 Å². The lowest BCUT2D eigenvalue weighted by Crippen LogP contribution is -2.50. The highest BCUT2D eigenvalue weighted by Gasteiger charge is 2.24. The largest absolute Gasteiger partial charge is 0.508 e. The number of piperazine rings is 1. The summed E-state index contributed by atoms with van der Waals surface area (Å²) in [6.07, 6.45) is 0. The molecule has 1 aliphatic heterocycles. The predicted molar refractivity (Wildman–Crippen MR) is 93.9 cm³/mol. The van der Waals surface area contributed by atoms with Gasteiger partial charge in [0, 0.05) is 43.2 Å². The molecule has 0 radical (unpaired) electrons. The molecule has 1 aliphatic rings. The second kappa shape index (κ2) is 7.54. The van der Waals surface area contributed by atoms with Gasteiger partial charge in [-0.25, -0.2) is 0 Å². The van der Waals surface area contributed by atoms with Gasteiger partial charge in [-0.2, -0.15) is 0 Å². The number of benzene rings is 2. The molecular formula is C20H18N2O3. The van der Waals surface area contributed by atoms with Gasteiger partial charge in [0.05, 0.1) is 0 Å². The zero-order valence-electron chi connectivity index (χ0n) is 13.7. The molecule has 2 amide bonds. The first-order chi connectivity index (χ1) is 12.1. The molecule has 0 unspecified atom stereocenters. The van der Waals surface area contributed by atoms with Gasteiger partial charge in [-0.05, 0) is 30.3 Å². The Balaban J connectivity index is 1.57. The van der Waals surface area contributed by atoms with Gasteiger partial charge < -0.3 is 14.9 Å². The topological polar surface area (TPSA) is 60.9 Å². The van der Waals surface area contributed by atoms with Crippen LogP contribution < -0.4 is 0 Å². The van der Waals surface area contributed by atoms with E-state index in [4.69, 9.17) is 0 Å². The van der Waals surface area contributed by atoms with Crippen LogP contribution in [-0.2, 0) is 4.79 Å². The fourth-order valence-electron chi connectivity index (χ4n) is 2.66. The number of nitrogens with zero attached hydrogens (tertiary/aromatic N) is 2. The molecule has 1 heterocycles. The molecule has 5 nitrogen and oxygen atoms in total. The molecule has 0 aliphatic carbocycles. The molecule has 0 spiro atoms. The number of hydrogen-bond acceptors (Lipinski definition) is 3. The molecule has 5 heteroatoms. The van der Waals surface area contributed by atoms with E-state index in [2.05, 4.69) is 11.8 Å². The molecule has 1 fully saturated rings. The van der Waals surface area contributed by atoms with Crippen LogP contribution in [0, 0.1) is 11.8 Å². The van der Waals surface area contributed by atoms with Crippen LogP contribution in [0.5, 0.6) is 5.75 Å². The third-order valence-corrected chi connectivity index (χ3v) is 4.03. The number of carbonyl (C=O) groups is 2. The maximum atomic E-state index is 12.4. The van der Waals surface area contributed by atoms with E-state index in [1.54, 1.807) is 21.9 Å². The van der Waals surface area contributed by atoms with Crippen LogP contribution in [0.3, 0.4) is 0 Å². The molecule has 2 aromatic carbocycles. The van der Waals surface area contributed by atoms with Gasteiger partial charge in [-0.1, -0.05) is 30.2 Å². The normalized spacial score (nSPS) is 13.8. The third kappa shape index (κ3) is 4.18. The lowest BCUT2D eigenvalue weighted by Gasteiger charge is -2.33. The van der Waals surface area contributed by atoms with Crippen molar-refractivity contribution in [2.24, 2.45) is 0 Å². The van der Waals surface area contributed by atoms with Gasteiger partial charge >= 0.3 is 0 Å². The molecule has 25 heavy (non-hydrogen) atoms. The van der Waals surface area contributed by atoms with Gasteiger partial charge in [-0.3, -0.25) is 9.59 Å². The van der Waals surface area contributed by atoms with Crippen LogP contribution in [0.15, 0.2) is 54.6 Å². The number of rotatable bonds is 1. The zero-order chi connectivity index (χ0) is 17.6. The molecular weight excluding hydrogens is 316 g/mol. The van der Waals surface area contributed by atoms with Crippen molar-refractivity contribution in [3.63, 3.8) is 0 Å². The molecule has 2 aromatic rings. The van der Waals surface area contributed by atoms with E-state index in [9.17, 15) is 14.7 Å². The van der Waals surface area contributed by atoms with Gasteiger partial charge in [0.2, 0.25) is 0 Å². The van der Waals surface area contributed by atoms with Crippen molar-refractivity contribution in [2.75, 3.05) is 26.2 Å². The van der Waals surface area contributed by atoms with E-state index in [1.807, 2.05) is 30.3 Å². The van der Waals surface area contributed by atoms with Crippen LogP contribution in [0.1, 0.15) is 15.9 Å². The Morgan fingerprint density at radius 2 is 1.56 bits per heavy atom. The van der Waals surface area contributed by atoms with Crippen molar-refractivity contribution < 1.29 is 14.7 Å². The van der Waals surface area contributed by atoms with Gasteiger partial charge in [0.25, 0.3) is 11.8 Å². The van der Waals surface area contributed by atoms with E-state index in [-0.39, 0.29) is 17.6 Å². The molecule has 0 aromatic heterocycles. The van der Waals surface area contributed by atoms with E-state index in [0.29, 0.717) is 31.7 Å². The molecule has 0 bridgehead atoms. The van der Waals surface area contributed by atoms with Crippen LogP contribution in [-0.4, -0.2) is 52.9 Å². The van der Waals surface area contributed by atoms with Crippen molar-refractivity contribution in [1.82, 2.24) is 9.80 Å². The first-order valence-electron chi connectivity index (χ1n) is 8.08. The van der Waals surface area contributed by atoms with Crippen molar-refractivity contribution in [2.45, 2.75) is 0 Å². The van der Waals surface area contributed by atoms with E-state index >= 15 is 0 Å². The Labute approximate surface area is 146 Å². The summed E-state index contributed by atoms with van der Waals surface area (Å²) < 4.78 is 0. The van der Waals surface area contributed by atoms with Crippen LogP contribution in [0.25, 0.3) is 0 Å². The van der Waals surface area contributed by atoms with E-state index < -0.39 is 0 Å². The van der Waals surface area contributed by atoms with Crippen LogP contribution >= 0.6 is 0 Å². The van der Waals surface area contributed by atoms with Gasteiger partial charge in [0.15, 0.2) is 0 Å². The summed E-state index contributed by atoms with van der Waals surface area (Å²) in [6.45, 7) is 1.81. The maximum absolute atomic E-state index is 12.4. The summed E-state index contributed by atoms with van der Waals surface area (Å²) in [6, 6.07) is 15.6. The van der Waals surface area contributed by atoms with Gasteiger partial charge in [-0.15, -0.1) is 0 Å². The average molecular weight is 334 g/mol. The number of phenols is 1. The number of carbonyl (C=O) groups excluding carboxylic acids is 2. The molecule has 3 rings (SSSR count). The van der Waals surface area contributed by atoms with Gasteiger partial charge in [0.1, 0.15) is 5.75 Å². The maximum Gasteiger partial charge on any atom is 0.298 e. The number of amides is 2. The standard InChI is InChI=1S/C20H18N2O3/c23-18-8-4-7-17(15-18)20(25)22-13-11-21(12-14-22)19(24)10-9-16-5-2-1-3-6-16/h1-8,15,23H,11-14H2. The SMILES string of the molecule is O=C(C#Cc1ccccc1)N1CCN(C(=O)c2cccc(O)c2)CC1. The number of hydrogen-bond donors (Lipinski definition) is 1. The summed E-state index contributed by atoms with van der Waals surface area (Å²) in [5.74, 6) is 5.21. The minimum atomic E-state index is -0.228. The predicted octanol–water partition coefficient (Wildman–Crippen LogP) is 1.73. The van der Waals surface area contributed by atoms with E-state index in [1.165, 1.54) is 12.1 Å². The second-order valence-corrected chi connectivity index (χ2v) is 5.75. The molecule has 126 valence electrons. The smallest absolute Gasteiger partial charge is 0.298 e. The summed E-state index contributed by atoms with van der Waals surface area (Å²) >= 11 is 0. The fourth-order valence-corrected chi connectivity index (χ4v) is 2.66. The molecule has 0 saturated carbocycles. The van der Waals surface area contributed by atoms with Crippen molar-refractivity contribution >= 4 is 11.8 Å². The Kier molecular flexibility index (Phi) is 5.00. The lowest BCUT2D eigenvalue weighted by molar-refractivity contribution is -0.126. The minimum absolute atomic E-state index is 0.0656. The number of phenolic OH excluding ortho intramolecular Hbond substituents is 1. The quantitative estimate of drug-likeness (QED) is 0.808. The van der Waals surface area contributed by atoms with Crippen LogP contribution in [0.4, 0.5) is 0 Å². The Morgan fingerprint density at radius 1 is 0.880 bits per heavy atom. The number of aromatic hydroxyl groups is 1. The summed E-state index contributed by atoms with van der Waals surface area (Å²) in [5.41, 5.74) is 1.25. The summed E-state index contributed by atoms with van der Waals surface area (Å²) in [4.78, 5) is 27.9. The highest BCUT2D eigenvalue weighted by molar-refractivity contribution is 5.96. The summed E-state index contributed by atoms with van der Waals surface area (Å²) in [7, 11) is 0. The minimum Gasteiger partial charge on any atom is -0.508 e. The Morgan fingerprint density at radius 3 is 2.24 bits per heavy atom. The van der Waals surface area contributed by atoms with Crippen molar-refractivity contribution in [1.29, 1.82) is 0 Å². The highest BCUT2D eigenvalue weighted by atomic mass is 16.3. The average Bonchev–Trinajstić information content (AvgIpc) is 2.66. The summed E-state index contributed by atoms with van der Waals surface area (Å²) in [5, 5.41) is 9.49. The van der Waals surface area contributed by atoms with Crippen LogP contribution in [0.2, 0.25) is 0 Å². The Bertz CT molecular complexity index is 829. The van der Waals surface area contributed by atoms with Crippen molar-refractivity contribution in [3.05, 3.63) is 65.7 Å².